The molecule has 2 unspecified atom stereocenters. The Morgan fingerprint density at radius 3 is 2.38 bits per heavy atom. The van der Waals surface area contributed by atoms with Crippen LogP contribution >= 0.6 is 0 Å². The van der Waals surface area contributed by atoms with Crippen LogP contribution in [0.3, 0.4) is 0 Å². The van der Waals surface area contributed by atoms with Crippen molar-refractivity contribution in [1.82, 2.24) is 15.1 Å². The molecule has 29 heavy (non-hydrogen) atoms. The number of benzene rings is 2. The van der Waals surface area contributed by atoms with Crippen molar-refractivity contribution in [3.63, 3.8) is 0 Å². The number of nitrogens with zero attached hydrogens (tertiary/aromatic N) is 4. The molecule has 3 amide bonds. The number of aryl methyl sites for hydroxylation is 2. The number of carbonyl (C=O) groups is 2. The molecule has 0 spiro atoms. The predicted molar refractivity (Wildman–Crippen MR) is 111 cm³/mol. The summed E-state index contributed by atoms with van der Waals surface area (Å²) in [6.07, 6.45) is 1.41. The lowest BCUT2D eigenvalue weighted by molar-refractivity contribution is -0.126. The summed E-state index contributed by atoms with van der Waals surface area (Å²) in [5.74, 6) is 0.323. The van der Waals surface area contributed by atoms with Crippen LogP contribution in [0.25, 0.3) is 5.70 Å². The number of anilines is 1. The van der Waals surface area contributed by atoms with Gasteiger partial charge in [0, 0.05) is 24.5 Å². The first-order valence-electron chi connectivity index (χ1n) is 9.53. The van der Waals surface area contributed by atoms with E-state index in [1.165, 1.54) is 4.90 Å². The van der Waals surface area contributed by atoms with E-state index in [1.807, 2.05) is 41.4 Å². The quantitative estimate of drug-likeness (QED) is 0.860. The van der Waals surface area contributed by atoms with Crippen LogP contribution in [0.5, 0.6) is 0 Å². The minimum absolute atomic E-state index is 0.331. The number of fused-ring (bicyclic) bond motifs is 3. The van der Waals surface area contributed by atoms with Crippen molar-refractivity contribution in [3.8, 4) is 0 Å². The number of amides is 3. The smallest absolute Gasteiger partial charge is 0.303 e. The largest absolute Gasteiger partial charge is 0.325 e. The zero-order chi connectivity index (χ0) is 20.3. The Morgan fingerprint density at radius 2 is 1.69 bits per heavy atom. The predicted octanol–water partition coefficient (Wildman–Crippen LogP) is 2.67. The van der Waals surface area contributed by atoms with Crippen LogP contribution in [0.2, 0.25) is 0 Å². The summed E-state index contributed by atoms with van der Waals surface area (Å²) >= 11 is 0. The molecule has 0 radical (unpaired) electrons. The number of carbonyl (C=O) groups excluding carboxylic acids is 2. The highest BCUT2D eigenvalue weighted by molar-refractivity contribution is 6.16. The lowest BCUT2D eigenvalue weighted by atomic mass is 10.1. The van der Waals surface area contributed by atoms with Gasteiger partial charge in [-0.05, 0) is 37.1 Å². The summed E-state index contributed by atoms with van der Waals surface area (Å²) in [7, 11) is 1.66. The average molecular weight is 387 g/mol. The summed E-state index contributed by atoms with van der Waals surface area (Å²) in [4.78, 5) is 35.0. The topological polar surface area (TPSA) is 68.2 Å². The lowest BCUT2D eigenvalue weighted by Crippen LogP contribution is -2.62. The summed E-state index contributed by atoms with van der Waals surface area (Å²) in [6, 6.07) is 15.4. The van der Waals surface area contributed by atoms with Crippen molar-refractivity contribution >= 4 is 29.3 Å². The van der Waals surface area contributed by atoms with Crippen LogP contribution in [0.4, 0.5) is 10.5 Å². The molecule has 7 nitrogen and oxygen atoms in total. The molecule has 0 bridgehead atoms. The molecule has 1 fully saturated rings. The van der Waals surface area contributed by atoms with Crippen LogP contribution in [0, 0.1) is 13.8 Å². The monoisotopic (exact) mass is 387 g/mol. The number of hydrogen-bond acceptors (Lipinski definition) is 5. The van der Waals surface area contributed by atoms with Crippen molar-refractivity contribution in [3.05, 3.63) is 71.4 Å². The second-order valence-electron chi connectivity index (χ2n) is 7.66. The maximum absolute atomic E-state index is 12.6. The van der Waals surface area contributed by atoms with Crippen LogP contribution < -0.4 is 10.2 Å². The highest BCUT2D eigenvalue weighted by atomic mass is 16.2. The molecule has 3 aliphatic heterocycles. The molecule has 5 rings (SSSR count). The third-order valence-corrected chi connectivity index (χ3v) is 5.51. The van der Waals surface area contributed by atoms with E-state index in [0.717, 1.165) is 28.1 Å². The maximum Gasteiger partial charge on any atom is 0.325 e. The molecule has 0 aromatic heterocycles. The minimum Gasteiger partial charge on any atom is -0.303 e. The van der Waals surface area contributed by atoms with E-state index in [0.29, 0.717) is 5.96 Å². The fraction of sp³-hybridized carbons (Fsp3) is 0.227. The van der Waals surface area contributed by atoms with Gasteiger partial charge in [-0.1, -0.05) is 36.4 Å². The minimum atomic E-state index is -0.581. The summed E-state index contributed by atoms with van der Waals surface area (Å²) in [5.41, 5.74) is 5.24. The molecule has 0 saturated carbocycles. The van der Waals surface area contributed by atoms with E-state index in [2.05, 4.69) is 42.3 Å². The maximum atomic E-state index is 12.6. The highest BCUT2D eigenvalue weighted by Crippen LogP contribution is 2.39. The average Bonchev–Trinajstić information content (AvgIpc) is 3.22. The fourth-order valence-electron chi connectivity index (χ4n) is 4.23. The summed E-state index contributed by atoms with van der Waals surface area (Å²) in [5, 5.41) is 2.43. The van der Waals surface area contributed by atoms with Crippen molar-refractivity contribution in [2.45, 2.75) is 26.1 Å². The standard InChI is InChI=1S/C22H21N5O2/c1-13-9-14(2)11-16(10-13)27-17(15-7-5-4-6-8-15)12-26-18-19(23-21(26)27)25(3)22(29)24-20(18)28/h4-12,18-19H,1-3H3,(H,24,28,29). The number of urea groups is 1. The van der Waals surface area contributed by atoms with E-state index >= 15 is 0 Å². The molecular formula is C22H21N5O2. The van der Waals surface area contributed by atoms with E-state index in [9.17, 15) is 9.59 Å². The molecule has 7 heteroatoms. The van der Waals surface area contributed by atoms with Gasteiger partial charge in [0.2, 0.25) is 5.96 Å². The van der Waals surface area contributed by atoms with Crippen LogP contribution in [0.1, 0.15) is 16.7 Å². The normalized spacial score (nSPS) is 22.9. The number of likely N-dealkylation sites (N-methyl/N-ethyl adjacent to an activating group) is 1. The highest BCUT2D eigenvalue weighted by Gasteiger charge is 2.52. The number of guanidine groups is 1. The third kappa shape index (κ3) is 2.61. The molecule has 1 N–H and O–H groups in total. The second-order valence-corrected chi connectivity index (χ2v) is 7.66. The number of aliphatic imine (C=N–C) groups is 1. The van der Waals surface area contributed by atoms with Gasteiger partial charge in [0.1, 0.15) is 0 Å². The molecule has 146 valence electrons. The van der Waals surface area contributed by atoms with Gasteiger partial charge in [-0.2, -0.15) is 0 Å². The molecule has 3 heterocycles. The molecule has 0 aliphatic carbocycles. The lowest BCUT2D eigenvalue weighted by Gasteiger charge is -2.34. The Hall–Kier alpha value is -3.61. The van der Waals surface area contributed by atoms with Gasteiger partial charge in [-0.25, -0.2) is 9.79 Å². The van der Waals surface area contributed by atoms with Crippen molar-refractivity contribution in [1.29, 1.82) is 0 Å². The fourth-order valence-corrected chi connectivity index (χ4v) is 4.23. The first-order valence-corrected chi connectivity index (χ1v) is 9.53. The first kappa shape index (κ1) is 17.5. The Balaban J connectivity index is 1.67. The first-order chi connectivity index (χ1) is 13.9. The Bertz CT molecular complexity index is 1070. The van der Waals surface area contributed by atoms with Gasteiger partial charge in [-0.15, -0.1) is 0 Å². The van der Waals surface area contributed by atoms with Gasteiger partial charge < -0.3 is 4.90 Å². The van der Waals surface area contributed by atoms with Crippen molar-refractivity contribution in [2.75, 3.05) is 11.9 Å². The van der Waals surface area contributed by atoms with Crippen LogP contribution in [-0.4, -0.2) is 47.0 Å². The van der Waals surface area contributed by atoms with Crippen LogP contribution in [-0.2, 0) is 4.79 Å². The zero-order valence-corrected chi connectivity index (χ0v) is 16.5. The molecule has 3 aliphatic rings. The summed E-state index contributed by atoms with van der Waals surface area (Å²) < 4.78 is 0. The zero-order valence-electron chi connectivity index (χ0n) is 16.5. The van der Waals surface area contributed by atoms with E-state index in [-0.39, 0.29) is 5.91 Å². The van der Waals surface area contributed by atoms with Gasteiger partial charge in [0.15, 0.2) is 12.2 Å². The van der Waals surface area contributed by atoms with Gasteiger partial charge >= 0.3 is 6.03 Å². The molecule has 2 aromatic rings. The Kier molecular flexibility index (Phi) is 3.74. The van der Waals surface area contributed by atoms with Gasteiger partial charge in [0.05, 0.1) is 5.70 Å². The number of nitrogens with one attached hydrogen (secondary N) is 1. The SMILES string of the molecule is Cc1cc(C)cc(N2C(c3ccccc3)=CN3C2=NC2C3C(=O)NC(=O)N2C)c1. The molecule has 1 saturated heterocycles. The van der Waals surface area contributed by atoms with E-state index < -0.39 is 18.2 Å². The molecular weight excluding hydrogens is 366 g/mol. The van der Waals surface area contributed by atoms with E-state index in [1.54, 1.807) is 7.05 Å². The van der Waals surface area contributed by atoms with E-state index in [4.69, 9.17) is 4.99 Å². The second kappa shape index (κ2) is 6.20. The van der Waals surface area contributed by atoms with Crippen LogP contribution in [0.15, 0.2) is 59.7 Å². The Morgan fingerprint density at radius 1 is 1.00 bits per heavy atom. The number of rotatable bonds is 2. The van der Waals surface area contributed by atoms with Crippen molar-refractivity contribution in [2.24, 2.45) is 4.99 Å². The number of imide groups is 1. The number of hydrogen-bond donors (Lipinski definition) is 1. The third-order valence-electron chi connectivity index (χ3n) is 5.51. The van der Waals surface area contributed by atoms with Gasteiger partial charge in [-0.3, -0.25) is 19.9 Å². The molecule has 2 atom stereocenters. The van der Waals surface area contributed by atoms with Gasteiger partial charge in [0.25, 0.3) is 5.91 Å². The molecule has 2 aromatic carbocycles. The Labute approximate surface area is 168 Å². The summed E-state index contributed by atoms with van der Waals surface area (Å²) in [6.45, 7) is 4.12. The van der Waals surface area contributed by atoms with Crippen molar-refractivity contribution < 1.29 is 9.59 Å².